The number of nitrogens with zero attached hydrogens (tertiary/aromatic N) is 1. The predicted molar refractivity (Wildman–Crippen MR) is 64.0 cm³/mol. The van der Waals surface area contributed by atoms with Crippen molar-refractivity contribution >= 4 is 0 Å². The van der Waals surface area contributed by atoms with E-state index in [9.17, 15) is 5.11 Å². The molecule has 0 amide bonds. The predicted octanol–water partition coefficient (Wildman–Crippen LogP) is 1.08. The SMILES string of the molecule is CCCNCCCN1CCC(C(C)O)C1. The van der Waals surface area contributed by atoms with Gasteiger partial charge in [-0.05, 0) is 58.3 Å². The van der Waals surface area contributed by atoms with Crippen LogP contribution in [0, 0.1) is 5.92 Å². The second-order valence-electron chi connectivity index (χ2n) is 4.69. The highest BCUT2D eigenvalue weighted by molar-refractivity contribution is 4.78. The summed E-state index contributed by atoms with van der Waals surface area (Å²) in [5.74, 6) is 0.508. The van der Waals surface area contributed by atoms with Crippen LogP contribution in [0.15, 0.2) is 0 Å². The molecular formula is C12H26N2O. The maximum Gasteiger partial charge on any atom is 0.0552 e. The minimum Gasteiger partial charge on any atom is -0.393 e. The van der Waals surface area contributed by atoms with E-state index in [0.29, 0.717) is 5.92 Å². The molecule has 90 valence electrons. The van der Waals surface area contributed by atoms with Gasteiger partial charge in [-0.1, -0.05) is 6.92 Å². The molecule has 0 aliphatic carbocycles. The number of rotatable bonds is 7. The van der Waals surface area contributed by atoms with E-state index in [4.69, 9.17) is 0 Å². The maximum absolute atomic E-state index is 9.47. The van der Waals surface area contributed by atoms with Crippen molar-refractivity contribution in [1.82, 2.24) is 10.2 Å². The van der Waals surface area contributed by atoms with E-state index < -0.39 is 0 Å². The maximum atomic E-state index is 9.47. The molecule has 1 aliphatic heterocycles. The first-order valence-electron chi connectivity index (χ1n) is 6.35. The number of likely N-dealkylation sites (tertiary alicyclic amines) is 1. The lowest BCUT2D eigenvalue weighted by atomic mass is 10.0. The standard InChI is InChI=1S/C12H26N2O/c1-3-6-13-7-4-8-14-9-5-12(10-14)11(2)15/h11-13,15H,3-10H2,1-2H3. The van der Waals surface area contributed by atoms with Gasteiger partial charge in [0.05, 0.1) is 6.10 Å². The van der Waals surface area contributed by atoms with Gasteiger partial charge in [-0.2, -0.15) is 0 Å². The molecule has 0 bridgehead atoms. The van der Waals surface area contributed by atoms with Gasteiger partial charge >= 0.3 is 0 Å². The summed E-state index contributed by atoms with van der Waals surface area (Å²) in [6.45, 7) is 9.81. The lowest BCUT2D eigenvalue weighted by Crippen LogP contribution is -2.27. The fourth-order valence-corrected chi connectivity index (χ4v) is 2.19. The Hall–Kier alpha value is -0.120. The van der Waals surface area contributed by atoms with Gasteiger partial charge in [0.25, 0.3) is 0 Å². The fraction of sp³-hybridized carbons (Fsp3) is 1.00. The number of aliphatic hydroxyl groups excluding tert-OH is 1. The summed E-state index contributed by atoms with van der Waals surface area (Å²) in [6, 6.07) is 0. The van der Waals surface area contributed by atoms with Gasteiger partial charge in [-0.3, -0.25) is 0 Å². The zero-order chi connectivity index (χ0) is 11.1. The molecule has 1 rings (SSSR count). The van der Waals surface area contributed by atoms with Crippen molar-refractivity contribution in [2.24, 2.45) is 5.92 Å². The molecule has 0 aromatic rings. The van der Waals surface area contributed by atoms with Gasteiger partial charge in [0.1, 0.15) is 0 Å². The quantitative estimate of drug-likeness (QED) is 0.623. The van der Waals surface area contributed by atoms with Gasteiger partial charge in [0.15, 0.2) is 0 Å². The van der Waals surface area contributed by atoms with Crippen LogP contribution >= 0.6 is 0 Å². The van der Waals surface area contributed by atoms with Crippen LogP contribution < -0.4 is 5.32 Å². The molecule has 0 spiro atoms. The molecular weight excluding hydrogens is 188 g/mol. The lowest BCUT2D eigenvalue weighted by Gasteiger charge is -2.17. The third-order valence-electron chi connectivity index (χ3n) is 3.25. The number of hydrogen-bond donors (Lipinski definition) is 2. The third-order valence-corrected chi connectivity index (χ3v) is 3.25. The van der Waals surface area contributed by atoms with E-state index in [1.54, 1.807) is 0 Å². The molecule has 0 aromatic carbocycles. The van der Waals surface area contributed by atoms with Gasteiger partial charge in [-0.15, -0.1) is 0 Å². The van der Waals surface area contributed by atoms with Gasteiger partial charge in [0.2, 0.25) is 0 Å². The summed E-state index contributed by atoms with van der Waals surface area (Å²) in [7, 11) is 0. The number of nitrogens with one attached hydrogen (secondary N) is 1. The van der Waals surface area contributed by atoms with E-state index in [1.165, 1.54) is 32.4 Å². The molecule has 2 unspecified atom stereocenters. The van der Waals surface area contributed by atoms with Crippen molar-refractivity contribution < 1.29 is 5.11 Å². The van der Waals surface area contributed by atoms with Crippen molar-refractivity contribution in [1.29, 1.82) is 0 Å². The largest absolute Gasteiger partial charge is 0.393 e. The Kier molecular flexibility index (Phi) is 6.22. The second kappa shape index (κ2) is 7.20. The molecule has 1 heterocycles. The van der Waals surface area contributed by atoms with E-state index in [-0.39, 0.29) is 6.10 Å². The van der Waals surface area contributed by atoms with Crippen LogP contribution in [0.1, 0.15) is 33.1 Å². The molecule has 0 radical (unpaired) electrons. The number of hydrogen-bond acceptors (Lipinski definition) is 3. The molecule has 0 aromatic heterocycles. The molecule has 1 saturated heterocycles. The average molecular weight is 214 g/mol. The normalized spacial score (nSPS) is 24.6. The van der Waals surface area contributed by atoms with Gasteiger partial charge < -0.3 is 15.3 Å². The first kappa shape index (κ1) is 12.9. The summed E-state index contributed by atoms with van der Waals surface area (Å²) in [5, 5.41) is 12.9. The van der Waals surface area contributed by atoms with E-state index in [0.717, 1.165) is 19.6 Å². The molecule has 2 atom stereocenters. The van der Waals surface area contributed by atoms with Crippen LogP contribution in [-0.4, -0.2) is 48.8 Å². The fourth-order valence-electron chi connectivity index (χ4n) is 2.19. The Morgan fingerprint density at radius 3 is 2.87 bits per heavy atom. The summed E-state index contributed by atoms with van der Waals surface area (Å²) in [5.41, 5.74) is 0. The summed E-state index contributed by atoms with van der Waals surface area (Å²) in [4.78, 5) is 2.48. The summed E-state index contributed by atoms with van der Waals surface area (Å²) < 4.78 is 0. The van der Waals surface area contributed by atoms with E-state index >= 15 is 0 Å². The summed E-state index contributed by atoms with van der Waals surface area (Å²) in [6.07, 6.45) is 3.48. The van der Waals surface area contributed by atoms with Crippen molar-refractivity contribution in [2.45, 2.75) is 39.2 Å². The zero-order valence-corrected chi connectivity index (χ0v) is 10.2. The monoisotopic (exact) mass is 214 g/mol. The molecule has 1 aliphatic rings. The van der Waals surface area contributed by atoms with Crippen LogP contribution in [0.3, 0.4) is 0 Å². The Bertz CT molecular complexity index is 162. The highest BCUT2D eigenvalue weighted by Crippen LogP contribution is 2.19. The minimum absolute atomic E-state index is 0.131. The molecule has 3 nitrogen and oxygen atoms in total. The van der Waals surface area contributed by atoms with Crippen LogP contribution in [0.2, 0.25) is 0 Å². The van der Waals surface area contributed by atoms with Crippen LogP contribution in [0.25, 0.3) is 0 Å². The topological polar surface area (TPSA) is 35.5 Å². The van der Waals surface area contributed by atoms with Crippen LogP contribution in [0.5, 0.6) is 0 Å². The molecule has 2 N–H and O–H groups in total. The first-order chi connectivity index (χ1) is 7.24. The average Bonchev–Trinajstić information content (AvgIpc) is 2.66. The molecule has 3 heteroatoms. The molecule has 0 saturated carbocycles. The highest BCUT2D eigenvalue weighted by Gasteiger charge is 2.25. The Morgan fingerprint density at radius 1 is 1.47 bits per heavy atom. The highest BCUT2D eigenvalue weighted by atomic mass is 16.3. The van der Waals surface area contributed by atoms with E-state index in [1.807, 2.05) is 6.92 Å². The van der Waals surface area contributed by atoms with Crippen molar-refractivity contribution in [3.63, 3.8) is 0 Å². The number of aliphatic hydroxyl groups is 1. The lowest BCUT2D eigenvalue weighted by molar-refractivity contribution is 0.127. The minimum atomic E-state index is -0.131. The molecule has 15 heavy (non-hydrogen) atoms. The third kappa shape index (κ3) is 4.96. The first-order valence-corrected chi connectivity index (χ1v) is 6.35. The Morgan fingerprint density at radius 2 is 2.27 bits per heavy atom. The van der Waals surface area contributed by atoms with Crippen LogP contribution in [0.4, 0.5) is 0 Å². The summed E-state index contributed by atoms with van der Waals surface area (Å²) >= 11 is 0. The Labute approximate surface area is 93.9 Å². The Balaban J connectivity index is 1.99. The second-order valence-corrected chi connectivity index (χ2v) is 4.69. The van der Waals surface area contributed by atoms with Gasteiger partial charge in [-0.25, -0.2) is 0 Å². The van der Waals surface area contributed by atoms with Crippen molar-refractivity contribution in [3.8, 4) is 0 Å². The van der Waals surface area contributed by atoms with Gasteiger partial charge in [0, 0.05) is 6.54 Å². The van der Waals surface area contributed by atoms with Crippen molar-refractivity contribution in [3.05, 3.63) is 0 Å². The molecule has 1 fully saturated rings. The van der Waals surface area contributed by atoms with Crippen LogP contribution in [-0.2, 0) is 0 Å². The van der Waals surface area contributed by atoms with E-state index in [2.05, 4.69) is 17.1 Å². The smallest absolute Gasteiger partial charge is 0.0552 e. The van der Waals surface area contributed by atoms with Crippen molar-refractivity contribution in [2.75, 3.05) is 32.7 Å². The zero-order valence-electron chi connectivity index (χ0n) is 10.2.